The van der Waals surface area contributed by atoms with E-state index in [9.17, 15) is 30.3 Å². The number of para-hydroxylation sites is 1. The second kappa shape index (κ2) is 9.26. The van der Waals surface area contributed by atoms with Gasteiger partial charge >= 0.3 is 33.0 Å². The van der Waals surface area contributed by atoms with Gasteiger partial charge in [0.05, 0.1) is 6.61 Å². The van der Waals surface area contributed by atoms with Crippen LogP contribution in [-0.4, -0.2) is 41.8 Å². The summed E-state index contributed by atoms with van der Waals surface area (Å²) in [6.07, 6.45) is 3.28. The number of aliphatic hydroxyl groups excluding tert-OH is 1. The molecule has 182 valence electrons. The van der Waals surface area contributed by atoms with Crippen LogP contribution in [0.25, 0.3) is 0 Å². The zero-order valence-electron chi connectivity index (χ0n) is 19.0. The van der Waals surface area contributed by atoms with Crippen LogP contribution in [0.4, 0.5) is 30.9 Å². The summed E-state index contributed by atoms with van der Waals surface area (Å²) in [5.74, 6) is 1.61. The Bertz CT molecular complexity index is 738. The van der Waals surface area contributed by atoms with Gasteiger partial charge in [-0.3, -0.25) is 4.58 Å². The predicted octanol–water partition coefficient (Wildman–Crippen LogP) is 7.58. The Morgan fingerprint density at radius 1 is 0.935 bits per heavy atom. The summed E-state index contributed by atoms with van der Waals surface area (Å²) >= 11 is 0. The third-order valence-electron chi connectivity index (χ3n) is 4.94. The van der Waals surface area contributed by atoms with Crippen LogP contribution in [0.5, 0.6) is 0 Å². The van der Waals surface area contributed by atoms with Gasteiger partial charge in [-0.15, -0.1) is 0 Å². The molecule has 0 bridgehead atoms. The first-order valence-electron chi connectivity index (χ1n) is 10.5. The van der Waals surface area contributed by atoms with Crippen molar-refractivity contribution < 1.29 is 34.9 Å². The zero-order chi connectivity index (χ0) is 24.3. The molecule has 31 heavy (non-hydrogen) atoms. The molecule has 0 saturated carbocycles. The molecule has 1 heterocycles. The Labute approximate surface area is 181 Å². The van der Waals surface area contributed by atoms with E-state index < -0.39 is 7.81 Å². The number of halogens is 6. The number of nitrogens with zero attached hydrogens (tertiary/aromatic N) is 2. The number of benzene rings is 1. The second-order valence-electron chi connectivity index (χ2n) is 9.07. The van der Waals surface area contributed by atoms with Gasteiger partial charge < -0.3 is 5.11 Å². The van der Waals surface area contributed by atoms with Gasteiger partial charge in [0.15, 0.2) is 0 Å². The summed E-state index contributed by atoms with van der Waals surface area (Å²) in [6.45, 7) is 15.7. The zero-order valence-corrected chi connectivity index (χ0v) is 19.9. The third kappa shape index (κ3) is 10.7. The molecule has 1 atom stereocenters. The van der Waals surface area contributed by atoms with Gasteiger partial charge in [0.25, 0.3) is 0 Å². The van der Waals surface area contributed by atoms with E-state index in [2.05, 4.69) is 75.6 Å². The molecule has 1 N–H and O–H groups in total. The van der Waals surface area contributed by atoms with Crippen molar-refractivity contribution in [2.24, 2.45) is 5.92 Å². The van der Waals surface area contributed by atoms with Crippen LogP contribution in [-0.2, 0) is 0 Å². The van der Waals surface area contributed by atoms with E-state index >= 15 is 0 Å². The summed E-state index contributed by atoms with van der Waals surface area (Å²) in [6, 6.07) is 6.95. The van der Waals surface area contributed by atoms with Crippen LogP contribution < -0.4 is 4.90 Å². The fraction of sp³-hybridized carbons (Fsp3) is 0.667. The number of aliphatic hydroxyl groups is 1. The fourth-order valence-electron chi connectivity index (χ4n) is 3.67. The number of anilines is 1. The molecule has 0 fully saturated rings. The topological polar surface area (TPSA) is 26.5 Å². The molecule has 0 aliphatic carbocycles. The van der Waals surface area contributed by atoms with Crippen molar-refractivity contribution in [1.29, 1.82) is 0 Å². The van der Waals surface area contributed by atoms with Gasteiger partial charge in [-0.25, -0.2) is 4.90 Å². The molecule has 2 rings (SSSR count). The van der Waals surface area contributed by atoms with E-state index in [1.165, 1.54) is 16.8 Å². The average Bonchev–Trinajstić information content (AvgIpc) is 3.05. The third-order valence-corrected chi connectivity index (χ3v) is 4.94. The maximum absolute atomic E-state index is 10.7. The number of hydrogen-bond acceptors (Lipinski definition) is 2. The van der Waals surface area contributed by atoms with Gasteiger partial charge in [-0.2, -0.15) is 0 Å². The van der Waals surface area contributed by atoms with Crippen LogP contribution in [0.2, 0.25) is 0 Å². The first-order valence-corrected chi connectivity index (χ1v) is 12.5. The molecule has 10 heteroatoms. The van der Waals surface area contributed by atoms with Crippen LogP contribution in [0, 0.1) is 5.92 Å². The van der Waals surface area contributed by atoms with Gasteiger partial charge in [-0.05, 0) is 24.2 Å². The Morgan fingerprint density at radius 2 is 1.39 bits per heavy atom. The monoisotopic (exact) mass is 476 g/mol. The Kier molecular flexibility index (Phi) is 8.27. The average molecular weight is 476 g/mol. The Balaban J connectivity index is 0.000000592. The molecule has 1 aliphatic heterocycles. The van der Waals surface area contributed by atoms with Crippen molar-refractivity contribution in [3.8, 4) is 0 Å². The molecular weight excluding hydrogens is 441 g/mol. The second-order valence-corrected chi connectivity index (χ2v) is 11.0. The van der Waals surface area contributed by atoms with Crippen LogP contribution in [0.15, 0.2) is 18.2 Å². The summed E-state index contributed by atoms with van der Waals surface area (Å²) in [5, 5.41) is 9.80. The first kappa shape index (κ1) is 27.7. The molecule has 1 aromatic rings. The van der Waals surface area contributed by atoms with Crippen molar-refractivity contribution in [3.05, 3.63) is 29.3 Å². The normalized spacial score (nSPS) is 17.9. The molecule has 0 unspecified atom stereocenters. The van der Waals surface area contributed by atoms with Crippen LogP contribution >= 0.6 is 7.81 Å². The van der Waals surface area contributed by atoms with E-state index in [0.717, 1.165) is 19.5 Å². The standard InChI is InChI=1S/C21H35N2O.F6P/c1-15(2)12-18(13-24)22-10-11-23(14-22)21-19(16(3)4)8-7-9-20(21)17(5)6;1-7(2,3,4,5)6/h7-9,14-18,24H,10-13H2,1-6H3;/q+1;-1/t18-;/m0./s1. The van der Waals surface area contributed by atoms with Crippen molar-refractivity contribution in [1.82, 2.24) is 0 Å². The van der Waals surface area contributed by atoms with Gasteiger partial charge in [0.1, 0.15) is 24.8 Å². The summed E-state index contributed by atoms with van der Waals surface area (Å²) in [5.41, 5.74) is 4.22. The van der Waals surface area contributed by atoms with Crippen molar-refractivity contribution in [3.63, 3.8) is 0 Å². The molecule has 3 nitrogen and oxygen atoms in total. The van der Waals surface area contributed by atoms with Gasteiger partial charge in [-0.1, -0.05) is 59.7 Å². The van der Waals surface area contributed by atoms with E-state index in [0.29, 0.717) is 17.8 Å². The molecule has 0 radical (unpaired) electrons. The van der Waals surface area contributed by atoms with Crippen LogP contribution in [0.3, 0.4) is 0 Å². The van der Waals surface area contributed by atoms with Gasteiger partial charge in [0.2, 0.25) is 6.34 Å². The summed E-state index contributed by atoms with van der Waals surface area (Å²) < 4.78 is 61.5. The Morgan fingerprint density at radius 3 is 1.74 bits per heavy atom. The summed E-state index contributed by atoms with van der Waals surface area (Å²) in [4.78, 5) is 2.41. The molecule has 0 amide bonds. The minimum absolute atomic E-state index is 0.226. The van der Waals surface area contributed by atoms with Gasteiger partial charge in [0, 0.05) is 11.1 Å². The molecule has 1 aromatic carbocycles. The van der Waals surface area contributed by atoms with E-state index in [1.54, 1.807) is 0 Å². The molecule has 0 spiro atoms. The molecule has 1 aliphatic rings. The predicted molar refractivity (Wildman–Crippen MR) is 117 cm³/mol. The van der Waals surface area contributed by atoms with Crippen LogP contribution in [0.1, 0.15) is 70.9 Å². The maximum atomic E-state index is 9.87. The minimum atomic E-state index is -10.7. The molecule has 0 saturated heterocycles. The fourth-order valence-corrected chi connectivity index (χ4v) is 3.67. The number of rotatable bonds is 7. The van der Waals surface area contributed by atoms with Crippen molar-refractivity contribution in [2.75, 3.05) is 24.6 Å². The summed E-state index contributed by atoms with van der Waals surface area (Å²) in [7, 11) is -10.7. The van der Waals surface area contributed by atoms with E-state index in [-0.39, 0.29) is 12.6 Å². The SMILES string of the molecule is CC(C)C[C@@H](CO)[N+]1=CN(c2c(C(C)C)cccc2C(C)C)CC1.F[P-](F)(F)(F)(F)F. The Hall–Kier alpha value is -1.34. The van der Waals surface area contributed by atoms with E-state index in [4.69, 9.17) is 0 Å². The quantitative estimate of drug-likeness (QED) is 0.249. The molecular formula is C21H35F6N2OP. The van der Waals surface area contributed by atoms with E-state index in [1.807, 2.05) is 0 Å². The first-order chi connectivity index (χ1) is 13.8. The number of hydrogen-bond donors (Lipinski definition) is 1. The van der Waals surface area contributed by atoms with Crippen molar-refractivity contribution >= 4 is 19.8 Å². The van der Waals surface area contributed by atoms with Crippen molar-refractivity contribution in [2.45, 2.75) is 65.8 Å². The molecule has 0 aromatic heterocycles.